The van der Waals surface area contributed by atoms with Gasteiger partial charge in [0.25, 0.3) is 0 Å². The number of fused-ring (bicyclic) bond motifs is 8. The Morgan fingerprint density at radius 2 is 1.83 bits per heavy atom. The number of hydrogen-bond donors (Lipinski definition) is 4. The molecule has 1 spiro atoms. The van der Waals surface area contributed by atoms with Crippen molar-refractivity contribution in [3.05, 3.63) is 68.9 Å². The number of esters is 2. The second kappa shape index (κ2) is 15.2. The monoisotopic (exact) mass is 816 g/mol. The smallest absolute Gasteiger partial charge is 0.333 e. The van der Waals surface area contributed by atoms with Gasteiger partial charge in [-0.2, -0.15) is 0 Å². The van der Waals surface area contributed by atoms with Crippen molar-refractivity contribution in [3.8, 4) is 34.5 Å². The van der Waals surface area contributed by atoms with Crippen LogP contribution in [0.3, 0.4) is 0 Å². The van der Waals surface area contributed by atoms with E-state index in [1.165, 1.54) is 25.8 Å². The summed E-state index contributed by atoms with van der Waals surface area (Å²) >= 11 is 1.50. The van der Waals surface area contributed by atoms with Crippen LogP contribution in [0.4, 0.5) is 0 Å². The van der Waals surface area contributed by atoms with Crippen molar-refractivity contribution in [1.82, 2.24) is 20.1 Å². The summed E-state index contributed by atoms with van der Waals surface area (Å²) in [5.74, 6) is 1.50. The molecule has 3 aromatic carbocycles. The summed E-state index contributed by atoms with van der Waals surface area (Å²) in [5.41, 5.74) is 5.42. The Bertz CT molecular complexity index is 2310. The van der Waals surface area contributed by atoms with E-state index < -0.39 is 47.1 Å². The summed E-state index contributed by atoms with van der Waals surface area (Å²) in [7, 11) is 7.05. The minimum Gasteiger partial charge on any atom is -0.504 e. The SMILES string of the molecule is CC[C@H](O)N1[C@@H]([C@H](c2c(C)cc(C)c(OC)c2O)N(C)C)[C@@H]2SC[C@]3(NCCc4c3[nH]c3ccc(OC)cc43)C(=O)OC[C@H]1c1c3c(c(C)c(OC(C)=O)c12)OCO3. The largest absolute Gasteiger partial charge is 0.504 e. The minimum absolute atomic E-state index is 0.0000955. The molecule has 0 amide bonds. The first kappa shape index (κ1) is 40.1. The van der Waals surface area contributed by atoms with Gasteiger partial charge in [-0.3, -0.25) is 15.0 Å². The standard InChI is InChI=1S/C43H52N4O10S/c1-10-29(49)47-28-17-54-42(51)43(41-25(13-14-44-43)26-16-24(52-8)11-12-27(26)45-41)18-58-40(32-31(28)39-38(55-19-56-39)22(4)37(32)57-23(5)48)34(47)33(46(6)7)30-20(2)15-21(3)36(53-9)35(30)50/h11-12,15-16,28-29,33-34,40,44-45,49-50H,10,13-14,17-19H2,1-9H3/t28-,29-,33-,34-,40+,43+/m0/s1. The van der Waals surface area contributed by atoms with Crippen LogP contribution in [0.2, 0.25) is 0 Å². The highest BCUT2D eigenvalue weighted by molar-refractivity contribution is 7.99. The number of aromatic hydroxyl groups is 1. The van der Waals surface area contributed by atoms with E-state index in [-0.39, 0.29) is 24.9 Å². The lowest BCUT2D eigenvalue weighted by Gasteiger charge is -2.54. The van der Waals surface area contributed by atoms with Crippen molar-refractivity contribution in [2.24, 2.45) is 0 Å². The number of H-pyrrole nitrogens is 1. The fourth-order valence-corrected chi connectivity index (χ4v) is 11.5. The van der Waals surface area contributed by atoms with Crippen LogP contribution in [0.25, 0.3) is 10.9 Å². The number of likely N-dealkylation sites (N-methyl/N-ethyl adjacent to an activating group) is 1. The number of nitrogens with zero attached hydrogens (tertiary/aromatic N) is 2. The minimum atomic E-state index is -1.31. The van der Waals surface area contributed by atoms with Gasteiger partial charge in [-0.1, -0.05) is 13.0 Å². The Balaban J connectivity index is 1.43. The van der Waals surface area contributed by atoms with Crippen molar-refractivity contribution in [2.45, 2.75) is 82.6 Å². The van der Waals surface area contributed by atoms with Gasteiger partial charge in [-0.05, 0) is 82.6 Å². The van der Waals surface area contributed by atoms with Gasteiger partial charge in [-0.15, -0.1) is 11.8 Å². The number of carbonyl (C=O) groups is 2. The zero-order chi connectivity index (χ0) is 41.4. The number of aromatic amines is 1. The molecule has 1 fully saturated rings. The Hall–Kier alpha value is -4.67. The summed E-state index contributed by atoms with van der Waals surface area (Å²) in [6, 6.07) is 5.78. The number of aliphatic hydroxyl groups excluding tert-OH is 1. The van der Waals surface area contributed by atoms with Gasteiger partial charge in [0.1, 0.15) is 24.3 Å². The fourth-order valence-electron chi connectivity index (χ4n) is 9.82. The lowest BCUT2D eigenvalue weighted by molar-refractivity contribution is -0.159. The molecule has 1 saturated heterocycles. The number of ether oxygens (including phenoxy) is 6. The summed E-state index contributed by atoms with van der Waals surface area (Å²) in [6.45, 7) is 9.21. The van der Waals surface area contributed by atoms with E-state index in [9.17, 15) is 19.8 Å². The van der Waals surface area contributed by atoms with Crippen LogP contribution in [0.5, 0.6) is 34.5 Å². The van der Waals surface area contributed by atoms with Gasteiger partial charge in [0.15, 0.2) is 28.5 Å². The lowest BCUT2D eigenvalue weighted by Crippen LogP contribution is -2.60. The molecule has 5 aliphatic heterocycles. The molecular weight excluding hydrogens is 765 g/mol. The van der Waals surface area contributed by atoms with E-state index in [1.54, 1.807) is 7.11 Å². The number of aryl methyl sites for hydroxylation is 2. The molecule has 14 nitrogen and oxygen atoms in total. The maximum Gasteiger partial charge on any atom is 0.333 e. The number of aromatic nitrogens is 1. The molecule has 0 saturated carbocycles. The topological polar surface area (TPSA) is 164 Å². The average molecular weight is 817 g/mol. The molecule has 58 heavy (non-hydrogen) atoms. The molecule has 6 atom stereocenters. The first-order chi connectivity index (χ1) is 27.8. The zero-order valence-corrected chi connectivity index (χ0v) is 35.2. The molecule has 1 aromatic heterocycles. The van der Waals surface area contributed by atoms with Crippen LogP contribution in [0.1, 0.15) is 82.2 Å². The number of hydrogen-bond acceptors (Lipinski definition) is 14. The van der Waals surface area contributed by atoms with E-state index in [2.05, 4.69) is 10.3 Å². The Kier molecular flexibility index (Phi) is 10.5. The van der Waals surface area contributed by atoms with Crippen LogP contribution >= 0.6 is 11.8 Å². The number of thioether (sulfide) groups is 1. The number of carbonyl (C=O) groups excluding carboxylic acids is 2. The molecule has 310 valence electrons. The van der Waals surface area contributed by atoms with E-state index in [4.69, 9.17) is 28.4 Å². The van der Waals surface area contributed by atoms with Crippen LogP contribution in [0, 0.1) is 20.8 Å². The van der Waals surface area contributed by atoms with Crippen molar-refractivity contribution in [1.29, 1.82) is 0 Å². The molecule has 0 aliphatic carbocycles. The quantitative estimate of drug-likeness (QED) is 0.128. The van der Waals surface area contributed by atoms with E-state index in [0.717, 1.165) is 33.3 Å². The van der Waals surface area contributed by atoms with Gasteiger partial charge in [0.05, 0.1) is 37.2 Å². The molecule has 0 radical (unpaired) electrons. The highest BCUT2D eigenvalue weighted by Crippen LogP contribution is 2.62. The molecule has 0 unspecified atom stereocenters. The predicted octanol–water partition coefficient (Wildman–Crippen LogP) is 5.60. The van der Waals surface area contributed by atoms with Crippen molar-refractivity contribution < 1.29 is 48.2 Å². The maximum atomic E-state index is 14.9. The number of phenolic OH excluding ortho intramolecular Hbond substituents is 1. The molecule has 4 aromatic rings. The molecule has 6 heterocycles. The van der Waals surface area contributed by atoms with Crippen LogP contribution in [-0.4, -0.2) is 103 Å². The normalized spacial score (nSPS) is 23.7. The van der Waals surface area contributed by atoms with Gasteiger partial charge >= 0.3 is 11.9 Å². The van der Waals surface area contributed by atoms with Gasteiger partial charge < -0.3 is 48.5 Å². The second-order valence-electron chi connectivity index (χ2n) is 15.8. The predicted molar refractivity (Wildman–Crippen MR) is 218 cm³/mol. The number of benzene rings is 3. The number of rotatable bonds is 8. The van der Waals surface area contributed by atoms with Crippen LogP contribution in [-0.2, 0) is 26.3 Å². The average Bonchev–Trinajstić information content (AvgIpc) is 3.84. The number of nitrogens with one attached hydrogen (secondary N) is 2. The Morgan fingerprint density at radius 1 is 1.07 bits per heavy atom. The molecular formula is C43H52N4O10S. The molecule has 9 rings (SSSR count). The third-order valence-corrected chi connectivity index (χ3v) is 13.7. The fraction of sp³-hybridized carbons (Fsp3) is 0.488. The van der Waals surface area contributed by atoms with Crippen LogP contribution in [0.15, 0.2) is 24.3 Å². The second-order valence-corrected chi connectivity index (χ2v) is 16.9. The van der Waals surface area contributed by atoms with Crippen molar-refractivity contribution in [2.75, 3.05) is 54.0 Å². The highest BCUT2D eigenvalue weighted by Gasteiger charge is 2.57. The van der Waals surface area contributed by atoms with E-state index >= 15 is 0 Å². The molecule has 15 heteroatoms. The van der Waals surface area contributed by atoms with Crippen molar-refractivity contribution >= 4 is 34.6 Å². The zero-order valence-electron chi connectivity index (χ0n) is 34.4. The third-order valence-electron chi connectivity index (χ3n) is 12.3. The van der Waals surface area contributed by atoms with Crippen molar-refractivity contribution in [3.63, 3.8) is 0 Å². The first-order valence-electron chi connectivity index (χ1n) is 19.6. The summed E-state index contributed by atoms with van der Waals surface area (Å²) in [6.07, 6.45) is -0.0486. The molecule has 4 N–H and O–H groups in total. The number of phenols is 1. The van der Waals surface area contributed by atoms with E-state index in [1.807, 2.05) is 75.9 Å². The number of aliphatic hydroxyl groups is 1. The molecule has 2 bridgehead atoms. The van der Waals surface area contributed by atoms with E-state index in [0.29, 0.717) is 70.4 Å². The highest BCUT2D eigenvalue weighted by atomic mass is 32.2. The first-order valence-corrected chi connectivity index (χ1v) is 20.7. The van der Waals surface area contributed by atoms with Gasteiger partial charge in [0.2, 0.25) is 6.79 Å². The Labute approximate surface area is 342 Å². The Morgan fingerprint density at radius 3 is 2.52 bits per heavy atom. The summed E-state index contributed by atoms with van der Waals surface area (Å²) in [5, 5.41) is 28.4. The number of methoxy groups -OCH3 is 2. The summed E-state index contributed by atoms with van der Waals surface area (Å²) in [4.78, 5) is 35.6. The maximum absolute atomic E-state index is 14.9. The summed E-state index contributed by atoms with van der Waals surface area (Å²) < 4.78 is 36.4. The van der Waals surface area contributed by atoms with Gasteiger partial charge in [0, 0.05) is 58.4 Å². The lowest BCUT2D eigenvalue weighted by atomic mass is 9.79. The van der Waals surface area contributed by atoms with Gasteiger partial charge in [-0.25, -0.2) is 4.79 Å². The third kappa shape index (κ3) is 6.07. The molecule has 5 aliphatic rings. The van der Waals surface area contributed by atoms with Crippen LogP contribution < -0.4 is 29.0 Å².